The molecule has 3 rings (SSSR count). The van der Waals surface area contributed by atoms with E-state index in [0.29, 0.717) is 31.2 Å². The van der Waals surface area contributed by atoms with Crippen molar-refractivity contribution >= 4 is 11.6 Å². The molecule has 0 aromatic carbocycles. The normalized spacial score (nSPS) is 16.3. The molecule has 3 heterocycles. The molecule has 0 bridgehead atoms. The van der Waals surface area contributed by atoms with Crippen LogP contribution in [0.3, 0.4) is 0 Å². The van der Waals surface area contributed by atoms with Crippen LogP contribution in [0.2, 0.25) is 0 Å². The van der Waals surface area contributed by atoms with Gasteiger partial charge in [-0.25, -0.2) is 4.98 Å². The fraction of sp³-hybridized carbons (Fsp3) is 0.435. The monoisotopic (exact) mass is 425 g/mol. The number of pyridine rings is 2. The summed E-state index contributed by atoms with van der Waals surface area (Å²) in [6.45, 7) is 4.72. The third-order valence-electron chi connectivity index (χ3n) is 5.46. The molecule has 2 aromatic rings. The van der Waals surface area contributed by atoms with Gasteiger partial charge in [0.15, 0.2) is 0 Å². The predicted molar refractivity (Wildman–Crippen MR) is 123 cm³/mol. The Hall–Kier alpha value is -3.13. The molecular weight excluding hydrogens is 394 g/mol. The summed E-state index contributed by atoms with van der Waals surface area (Å²) < 4.78 is 5.22. The number of carbonyl (C=O) groups is 1. The van der Waals surface area contributed by atoms with Crippen LogP contribution in [0.15, 0.2) is 47.5 Å². The van der Waals surface area contributed by atoms with Gasteiger partial charge in [-0.3, -0.25) is 9.59 Å². The van der Waals surface area contributed by atoms with E-state index in [4.69, 9.17) is 4.74 Å². The van der Waals surface area contributed by atoms with Crippen LogP contribution in [0.4, 0.5) is 5.69 Å². The fourth-order valence-electron chi connectivity index (χ4n) is 3.84. The number of likely N-dealkylation sites (N-methyl/N-ethyl adjacent to an activating group) is 2. The molecule has 1 N–H and O–H groups in total. The number of hydrogen-bond donors (Lipinski definition) is 1. The molecule has 0 radical (unpaired) electrons. The highest BCUT2D eigenvalue weighted by atomic mass is 16.5. The standard InChI is InChI=1S/C23H31N5O3/c1-5-28(19-9-12-27(16-19)22(29)7-6-11-26(2)3)20-13-18(15-25-23(20)30)17-8-10-24-21(14-17)31-4/h6-8,10,13-15,19H,5,9,11-12,16H2,1-4H3,(H,25,30)/b7-6+/t19-/m0/s1. The summed E-state index contributed by atoms with van der Waals surface area (Å²) in [6.07, 6.45) is 7.73. The second-order valence-corrected chi connectivity index (χ2v) is 7.87. The zero-order chi connectivity index (χ0) is 22.4. The number of nitrogens with one attached hydrogen (secondary N) is 1. The highest BCUT2D eigenvalue weighted by Gasteiger charge is 2.30. The van der Waals surface area contributed by atoms with Gasteiger partial charge < -0.3 is 24.4 Å². The third-order valence-corrected chi connectivity index (χ3v) is 5.46. The minimum absolute atomic E-state index is 0.0203. The van der Waals surface area contributed by atoms with Gasteiger partial charge in [0.1, 0.15) is 5.69 Å². The molecule has 0 saturated carbocycles. The lowest BCUT2D eigenvalue weighted by atomic mass is 10.1. The summed E-state index contributed by atoms with van der Waals surface area (Å²) in [7, 11) is 5.51. The van der Waals surface area contributed by atoms with Gasteiger partial charge in [0.25, 0.3) is 5.56 Å². The second kappa shape index (κ2) is 10.3. The van der Waals surface area contributed by atoms with Crippen LogP contribution in [0.5, 0.6) is 5.88 Å². The molecule has 0 spiro atoms. The molecule has 8 heteroatoms. The number of carbonyl (C=O) groups excluding carboxylic acids is 1. The van der Waals surface area contributed by atoms with Crippen LogP contribution in [0.1, 0.15) is 13.3 Å². The number of anilines is 1. The van der Waals surface area contributed by atoms with E-state index in [1.54, 1.807) is 25.6 Å². The van der Waals surface area contributed by atoms with Gasteiger partial charge in [0, 0.05) is 62.3 Å². The smallest absolute Gasteiger partial charge is 0.271 e. The minimum Gasteiger partial charge on any atom is -0.481 e. The average molecular weight is 426 g/mol. The molecule has 8 nitrogen and oxygen atoms in total. The SMILES string of the molecule is CCN(c1cc(-c2ccnc(OC)c2)c[nH]c1=O)[C@H]1CCN(C(=O)/C=C/CN(C)C)C1. The van der Waals surface area contributed by atoms with E-state index < -0.39 is 0 Å². The van der Waals surface area contributed by atoms with Gasteiger partial charge in [0.05, 0.1) is 7.11 Å². The van der Waals surface area contributed by atoms with Gasteiger partial charge >= 0.3 is 0 Å². The number of H-pyrrole nitrogens is 1. The molecule has 1 aliphatic rings. The molecule has 1 amide bonds. The maximum atomic E-state index is 12.7. The summed E-state index contributed by atoms with van der Waals surface area (Å²) in [6, 6.07) is 5.72. The first-order chi connectivity index (χ1) is 14.9. The van der Waals surface area contributed by atoms with Crippen LogP contribution >= 0.6 is 0 Å². The topological polar surface area (TPSA) is 81.8 Å². The van der Waals surface area contributed by atoms with Crippen LogP contribution in [-0.2, 0) is 4.79 Å². The Balaban J connectivity index is 1.79. The Bertz CT molecular complexity index is 985. The van der Waals surface area contributed by atoms with Crippen molar-refractivity contribution in [3.63, 3.8) is 0 Å². The van der Waals surface area contributed by atoms with E-state index in [1.165, 1.54) is 0 Å². The number of aromatic amines is 1. The highest BCUT2D eigenvalue weighted by molar-refractivity contribution is 5.88. The number of rotatable bonds is 8. The van der Waals surface area contributed by atoms with Crippen LogP contribution in [-0.4, -0.2) is 79.1 Å². The molecule has 1 atom stereocenters. The van der Waals surface area contributed by atoms with Gasteiger partial charge in [-0.15, -0.1) is 0 Å². The Morgan fingerprint density at radius 3 is 2.87 bits per heavy atom. The van der Waals surface area contributed by atoms with Crippen molar-refractivity contribution in [1.82, 2.24) is 19.8 Å². The summed E-state index contributed by atoms with van der Waals surface area (Å²) in [5, 5.41) is 0. The maximum Gasteiger partial charge on any atom is 0.271 e. The van der Waals surface area contributed by atoms with Crippen molar-refractivity contribution in [3.8, 4) is 17.0 Å². The lowest BCUT2D eigenvalue weighted by Crippen LogP contribution is -2.41. The largest absolute Gasteiger partial charge is 0.481 e. The quantitative estimate of drug-likeness (QED) is 0.652. The molecule has 31 heavy (non-hydrogen) atoms. The lowest BCUT2D eigenvalue weighted by molar-refractivity contribution is -0.125. The van der Waals surface area contributed by atoms with Gasteiger partial charge in [-0.2, -0.15) is 0 Å². The first-order valence-electron chi connectivity index (χ1n) is 10.5. The zero-order valence-corrected chi connectivity index (χ0v) is 18.7. The average Bonchev–Trinajstić information content (AvgIpc) is 3.25. The number of nitrogens with zero attached hydrogens (tertiary/aromatic N) is 4. The second-order valence-electron chi connectivity index (χ2n) is 7.87. The molecule has 0 aliphatic carbocycles. The number of hydrogen-bond acceptors (Lipinski definition) is 6. The summed E-state index contributed by atoms with van der Waals surface area (Å²) in [4.78, 5) is 38.1. The van der Waals surface area contributed by atoms with Crippen LogP contribution in [0, 0.1) is 0 Å². The van der Waals surface area contributed by atoms with Crippen molar-refractivity contribution in [3.05, 3.63) is 53.1 Å². The van der Waals surface area contributed by atoms with E-state index in [0.717, 1.165) is 24.1 Å². The zero-order valence-electron chi connectivity index (χ0n) is 18.7. The molecule has 166 valence electrons. The highest BCUT2D eigenvalue weighted by Crippen LogP contribution is 2.26. The molecular formula is C23H31N5O3. The van der Waals surface area contributed by atoms with Crippen molar-refractivity contribution in [1.29, 1.82) is 0 Å². The van der Waals surface area contributed by atoms with Crippen molar-refractivity contribution < 1.29 is 9.53 Å². The van der Waals surface area contributed by atoms with Gasteiger partial charge in [-0.05, 0) is 45.1 Å². The van der Waals surface area contributed by atoms with Gasteiger partial charge in [-0.1, -0.05) is 6.08 Å². The number of aromatic nitrogens is 2. The number of methoxy groups -OCH3 is 1. The van der Waals surface area contributed by atoms with Crippen LogP contribution < -0.4 is 15.2 Å². The molecule has 2 aromatic heterocycles. The predicted octanol–water partition coefficient (Wildman–Crippen LogP) is 1.99. The fourth-order valence-corrected chi connectivity index (χ4v) is 3.84. The molecule has 1 saturated heterocycles. The third kappa shape index (κ3) is 5.52. The van der Waals surface area contributed by atoms with Gasteiger partial charge in [0.2, 0.25) is 11.8 Å². The lowest BCUT2D eigenvalue weighted by Gasteiger charge is -2.29. The van der Waals surface area contributed by atoms with Crippen LogP contribution in [0.25, 0.3) is 11.1 Å². The minimum atomic E-state index is -0.137. The summed E-state index contributed by atoms with van der Waals surface area (Å²) in [5.41, 5.74) is 2.27. The molecule has 1 aliphatic heterocycles. The van der Waals surface area contributed by atoms with E-state index in [1.807, 2.05) is 55.1 Å². The Kier molecular flexibility index (Phi) is 7.46. The molecule has 0 unspecified atom stereocenters. The Morgan fingerprint density at radius 2 is 2.16 bits per heavy atom. The number of amides is 1. The Labute approximate surface area is 183 Å². The Morgan fingerprint density at radius 1 is 1.35 bits per heavy atom. The molecule has 1 fully saturated rings. The van der Waals surface area contributed by atoms with E-state index in [-0.39, 0.29) is 17.5 Å². The van der Waals surface area contributed by atoms with Crippen molar-refractivity contribution in [2.24, 2.45) is 0 Å². The first-order valence-corrected chi connectivity index (χ1v) is 10.5. The first kappa shape index (κ1) is 22.6. The maximum absolute atomic E-state index is 12.7. The number of ether oxygens (including phenoxy) is 1. The van der Waals surface area contributed by atoms with E-state index in [9.17, 15) is 9.59 Å². The summed E-state index contributed by atoms with van der Waals surface area (Å²) in [5.74, 6) is 0.539. The number of likely N-dealkylation sites (tertiary alicyclic amines) is 1. The van der Waals surface area contributed by atoms with Crippen molar-refractivity contribution in [2.75, 3.05) is 52.3 Å². The summed E-state index contributed by atoms with van der Waals surface area (Å²) >= 11 is 0. The van der Waals surface area contributed by atoms with Crippen molar-refractivity contribution in [2.45, 2.75) is 19.4 Å². The van der Waals surface area contributed by atoms with E-state index in [2.05, 4.69) is 14.9 Å². The van der Waals surface area contributed by atoms with E-state index >= 15 is 0 Å².